The molecule has 0 saturated heterocycles. The number of hydrogen-bond donors (Lipinski definition) is 0. The molecule has 26 rings (SSSR count). The van der Waals surface area contributed by atoms with E-state index in [1.165, 1.54) is 98.1 Å². The summed E-state index contributed by atoms with van der Waals surface area (Å²) >= 11 is 3.50. The largest absolute Gasteiger partial charge is 3.00 e. The Labute approximate surface area is 884 Å². The van der Waals surface area contributed by atoms with Crippen LogP contribution in [0.4, 0.5) is 0 Å². The van der Waals surface area contributed by atoms with E-state index in [-0.39, 0.29) is 40.2 Å². The van der Waals surface area contributed by atoms with E-state index in [1.807, 2.05) is 230 Å². The average Bonchev–Trinajstić information content (AvgIpc) is 1.55. The molecule has 704 valence electrons. The fraction of sp³-hybridized carbons (Fsp3) is 0.0308. The molecule has 0 unspecified atom stereocenters. The summed E-state index contributed by atoms with van der Waals surface area (Å²) in [5.41, 5.74) is 35.5. The molecule has 8 heterocycles. The topological polar surface area (TPSA) is 123 Å². The summed E-state index contributed by atoms with van der Waals surface area (Å²) in [7, 11) is 0. The van der Waals surface area contributed by atoms with Crippen LogP contribution in [0, 0.1) is 64.1 Å². The summed E-state index contributed by atoms with van der Waals surface area (Å²) in [6, 6.07) is 169. The van der Waals surface area contributed by atoms with Gasteiger partial charge in [0.15, 0.2) is 0 Å². The predicted molar refractivity (Wildman–Crippen MR) is 590 cm³/mol. The molecular weight excluding hydrogens is 2180 g/mol. The van der Waals surface area contributed by atoms with Crippen molar-refractivity contribution in [1.82, 2.24) is 49.1 Å². The molecule has 0 saturated carbocycles. The van der Waals surface area contributed by atoms with Gasteiger partial charge in [0.05, 0.1) is 36.2 Å². The summed E-state index contributed by atoms with van der Waals surface area (Å²) in [6.45, 7) is 8.35. The third-order valence-electron chi connectivity index (χ3n) is 25.0. The van der Waals surface area contributed by atoms with E-state index in [9.17, 15) is 0 Å². The fourth-order valence-electron chi connectivity index (χ4n) is 17.8. The number of aromatic nitrogens is 10. The maximum absolute atomic E-state index is 5.98. The van der Waals surface area contributed by atoms with Crippen LogP contribution < -0.4 is 0 Å². The van der Waals surface area contributed by atoms with Gasteiger partial charge >= 0.3 is 40.2 Å². The van der Waals surface area contributed by atoms with Gasteiger partial charge in [0.1, 0.15) is 17.1 Å². The van der Waals surface area contributed by atoms with Gasteiger partial charge in [-0.2, -0.15) is 129 Å². The van der Waals surface area contributed by atoms with Crippen molar-refractivity contribution in [2.45, 2.75) is 27.7 Å². The minimum absolute atomic E-state index is 0. The van der Waals surface area contributed by atoms with Gasteiger partial charge < -0.3 is 8.83 Å². The molecule has 0 amide bonds. The molecular formula is C130H92Ir2N10O2S2. The summed E-state index contributed by atoms with van der Waals surface area (Å²) in [5, 5.41) is 26.3. The van der Waals surface area contributed by atoms with Gasteiger partial charge in [-0.3, -0.25) is 28.7 Å². The number of fused-ring (bicyclic) bond motifs is 6. The first kappa shape index (κ1) is 97.8. The number of oxazole rings is 1. The number of benzene rings is 18. The van der Waals surface area contributed by atoms with Gasteiger partial charge in [-0.1, -0.05) is 279 Å². The molecule has 146 heavy (non-hydrogen) atoms. The van der Waals surface area contributed by atoms with E-state index in [2.05, 4.69) is 357 Å². The summed E-state index contributed by atoms with van der Waals surface area (Å²) < 4.78 is 21.6. The van der Waals surface area contributed by atoms with E-state index < -0.39 is 0 Å². The number of hydrogen-bond acceptors (Lipinski definition) is 10. The van der Waals surface area contributed by atoms with Crippen LogP contribution in [-0.2, 0) is 40.2 Å². The minimum atomic E-state index is 0. The van der Waals surface area contributed by atoms with E-state index in [1.54, 1.807) is 23.8 Å². The first-order chi connectivity index (χ1) is 71.0. The van der Waals surface area contributed by atoms with E-state index in [0.29, 0.717) is 5.89 Å². The monoisotopic (exact) mass is 2270 g/mol. The van der Waals surface area contributed by atoms with Crippen molar-refractivity contribution < 1.29 is 49.0 Å². The van der Waals surface area contributed by atoms with E-state index in [0.717, 1.165) is 117 Å². The van der Waals surface area contributed by atoms with Crippen LogP contribution in [0.25, 0.3) is 198 Å². The zero-order chi connectivity index (χ0) is 97.3. The van der Waals surface area contributed by atoms with Crippen LogP contribution in [0.5, 0.6) is 0 Å². The molecule has 0 bridgehead atoms. The summed E-state index contributed by atoms with van der Waals surface area (Å²) in [4.78, 5) is 8.57. The second-order valence-corrected chi connectivity index (χ2v) is 36.3. The number of aryl methyl sites for hydroxylation is 2. The molecule has 0 spiro atoms. The number of furan rings is 1. The van der Waals surface area contributed by atoms with Crippen molar-refractivity contribution in [2.75, 3.05) is 0 Å². The summed E-state index contributed by atoms with van der Waals surface area (Å²) in [5.74, 6) is 0.571. The van der Waals surface area contributed by atoms with Gasteiger partial charge in [0.2, 0.25) is 0 Å². The Bertz CT molecular complexity index is 8210. The Hall–Kier alpha value is -17.0. The Morgan fingerprint density at radius 3 is 1.08 bits per heavy atom. The molecule has 0 N–H and O–H groups in total. The quantitative estimate of drug-likeness (QED) is 0.0877. The Morgan fingerprint density at radius 2 is 0.637 bits per heavy atom. The fourth-order valence-corrected chi connectivity index (χ4v) is 19.6. The van der Waals surface area contributed by atoms with Crippen LogP contribution >= 0.6 is 22.7 Å². The van der Waals surface area contributed by atoms with Gasteiger partial charge in [-0.05, 0) is 159 Å². The number of rotatable bonds is 16. The molecule has 16 heteroatoms. The van der Waals surface area contributed by atoms with Crippen molar-refractivity contribution in [3.63, 3.8) is 0 Å². The van der Waals surface area contributed by atoms with Crippen molar-refractivity contribution in [3.05, 3.63) is 545 Å². The standard InChI is InChI=1S/2C23H19N2.2C21H15N2.C21H12NO2.C21H12NS2.2Ir/c2*1-17-23(18(2)25(24-17)22-11-7-4-8-12-22)21-15-13-20(14-16-21)19-9-5-3-6-10-19;2*1-3-7-17(8-4-1)18-11-13-19(14-12-18)20-15-22-23(16-20)21-9-5-2-6-10-21;2*1-2-7-19-17(6-1)18-9-8-15(13-20(18)24-19)14-4-3-5-16(12-14)21-22-10-11-23-21;;/h2*3-11,13-16H,1-2H3;2*1-9,11-16H;2*1-4,6-13H;;/q6*-1;2*+3. The first-order valence-corrected chi connectivity index (χ1v) is 49.1. The van der Waals surface area contributed by atoms with Crippen LogP contribution in [0.3, 0.4) is 0 Å². The zero-order valence-electron chi connectivity index (χ0n) is 80.0. The zero-order valence-corrected chi connectivity index (χ0v) is 86.4. The maximum Gasteiger partial charge on any atom is 3.00 e. The van der Waals surface area contributed by atoms with Crippen molar-refractivity contribution in [2.24, 2.45) is 0 Å². The second-order valence-electron chi connectivity index (χ2n) is 34.3. The van der Waals surface area contributed by atoms with Crippen LogP contribution in [0.15, 0.2) is 494 Å². The normalized spacial score (nSPS) is 10.8. The van der Waals surface area contributed by atoms with Gasteiger partial charge in [0, 0.05) is 93.6 Å². The molecule has 0 fully saturated rings. The molecule has 0 radical (unpaired) electrons. The third kappa shape index (κ3) is 22.5. The van der Waals surface area contributed by atoms with Crippen molar-refractivity contribution >= 4 is 64.8 Å². The van der Waals surface area contributed by atoms with Crippen molar-refractivity contribution in [1.29, 1.82) is 0 Å². The third-order valence-corrected chi connectivity index (χ3v) is 27.0. The number of para-hydroxylation sites is 5. The van der Waals surface area contributed by atoms with Gasteiger partial charge in [-0.25, -0.2) is 0 Å². The average molecular weight is 2270 g/mol. The molecule has 26 aromatic rings. The Kier molecular flexibility index (Phi) is 31.0. The molecule has 8 aromatic heterocycles. The van der Waals surface area contributed by atoms with Gasteiger partial charge in [0.25, 0.3) is 0 Å². The summed E-state index contributed by atoms with van der Waals surface area (Å²) in [6.07, 6.45) is 12.9. The molecule has 0 aliphatic rings. The van der Waals surface area contributed by atoms with Crippen LogP contribution in [0.1, 0.15) is 22.8 Å². The molecule has 12 nitrogen and oxygen atoms in total. The molecule has 0 aliphatic heterocycles. The van der Waals surface area contributed by atoms with E-state index in [4.69, 9.17) is 19.0 Å². The van der Waals surface area contributed by atoms with E-state index >= 15 is 0 Å². The van der Waals surface area contributed by atoms with Gasteiger partial charge in [-0.15, -0.1) is 101 Å². The Morgan fingerprint density at radius 1 is 0.274 bits per heavy atom. The number of thiophene rings is 1. The smallest absolute Gasteiger partial charge is 0.489 e. The van der Waals surface area contributed by atoms with Crippen LogP contribution in [0.2, 0.25) is 0 Å². The molecule has 0 aliphatic carbocycles. The number of thiazole rings is 1. The number of nitrogens with zero attached hydrogens (tertiary/aromatic N) is 10. The molecule has 0 atom stereocenters. The van der Waals surface area contributed by atoms with Crippen molar-refractivity contribution in [3.8, 4) is 156 Å². The SMILES string of the molecule is Cc1nn(-c2[c-]cccc2)c(C)c1-c1ccc(-c2ccccc2)cc1.Cc1nn(-c2[c-]cccc2)c(C)c1-c1ccc(-c2ccccc2)cc1.[Ir+3].[Ir+3].[c-]1ccc(-c2ccc3c(c2)oc2ccccc23)cc1-c1ncco1.[c-]1ccc(-c2ccc3c(c2)sc2ccccc23)cc1-c1nccs1.[c-]1ccccc1-n1cc(-c2ccc(-c3ccccc3)cc2)cn1.[c-]1ccccc1-n1cc(-c2ccc(-c3ccccc3)cc2)cn1. The second kappa shape index (κ2) is 46.3. The maximum atomic E-state index is 5.98. The minimum Gasteiger partial charge on any atom is -0.489 e. The Balaban J connectivity index is 0.000000110. The predicted octanol–water partition coefficient (Wildman–Crippen LogP) is 33.6. The molecule has 18 aromatic carbocycles. The first-order valence-electron chi connectivity index (χ1n) is 47.4. The van der Waals surface area contributed by atoms with Crippen LogP contribution in [-0.4, -0.2) is 49.1 Å².